The zero-order valence-corrected chi connectivity index (χ0v) is 17.7. The maximum Gasteiger partial charge on any atom is 0.310 e. The first-order chi connectivity index (χ1) is 14.1. The summed E-state index contributed by atoms with van der Waals surface area (Å²) in [4.78, 5) is 25.7. The molecule has 0 aliphatic heterocycles. The number of benzene rings is 2. The molecule has 3 aromatic rings. The van der Waals surface area contributed by atoms with E-state index >= 15 is 0 Å². The molecule has 0 aliphatic carbocycles. The van der Waals surface area contributed by atoms with Gasteiger partial charge in [-0.1, -0.05) is 37.6 Å². The molecule has 1 heterocycles. The molecule has 2 aromatic carbocycles. The van der Waals surface area contributed by atoms with E-state index in [4.69, 9.17) is 4.74 Å². The Hall–Kier alpha value is -2.73. The van der Waals surface area contributed by atoms with E-state index in [0.29, 0.717) is 0 Å². The van der Waals surface area contributed by atoms with E-state index in [1.165, 1.54) is 19.2 Å². The number of ketones is 1. The fourth-order valence-corrected chi connectivity index (χ4v) is 4.99. The first-order valence-corrected chi connectivity index (χ1v) is 11.8. The van der Waals surface area contributed by atoms with Crippen LogP contribution in [0.2, 0.25) is 0 Å². The van der Waals surface area contributed by atoms with Crippen LogP contribution in [0.25, 0.3) is 10.9 Å². The van der Waals surface area contributed by atoms with Crippen LogP contribution < -0.4 is 10.2 Å². The zero-order chi connectivity index (χ0) is 23.3. The smallest absolute Gasteiger partial charge is 0.310 e. The van der Waals surface area contributed by atoms with E-state index in [1.54, 1.807) is 6.07 Å². The molecule has 0 spiro atoms. The zero-order valence-electron chi connectivity index (χ0n) is 16.1. The summed E-state index contributed by atoms with van der Waals surface area (Å²) in [5.74, 6) is -0.884. The highest BCUT2D eigenvalue weighted by atomic mass is 32.5. The van der Waals surface area contributed by atoms with E-state index < -0.39 is 42.9 Å². The largest absolute Gasteiger partial charge is 0.496 e. The van der Waals surface area contributed by atoms with Gasteiger partial charge in [-0.2, -0.15) is 0 Å². The molecule has 12 heteroatoms. The Morgan fingerprint density at radius 2 is 1.68 bits per heavy atom. The number of rotatable bonds is 6. The quantitative estimate of drug-likeness (QED) is 0.362. The van der Waals surface area contributed by atoms with Crippen molar-refractivity contribution in [3.63, 3.8) is 0 Å². The highest BCUT2D eigenvalue weighted by Gasteiger charge is 2.65. The lowest BCUT2D eigenvalue weighted by Crippen LogP contribution is -2.20. The van der Waals surface area contributed by atoms with Gasteiger partial charge < -0.3 is 9.72 Å². The molecular formula is C19H16F5NO4S2. The molecule has 1 atom stereocenters. The van der Waals surface area contributed by atoms with E-state index in [9.17, 15) is 33.2 Å². The van der Waals surface area contributed by atoms with Crippen LogP contribution in [0, 0.1) is 0 Å². The highest BCUT2D eigenvalue weighted by Crippen LogP contribution is 3.02. The number of H-pyrrole nitrogens is 1. The second-order valence-electron chi connectivity index (χ2n) is 6.70. The number of carbonyl (C=O) groups excluding carboxylic acids is 1. The molecule has 0 saturated heterocycles. The summed E-state index contributed by atoms with van der Waals surface area (Å²) in [5.41, 5.74) is -0.795. The minimum Gasteiger partial charge on any atom is -0.496 e. The maximum atomic E-state index is 12.9. The summed E-state index contributed by atoms with van der Waals surface area (Å²) in [7, 11) is -10.6. The lowest BCUT2D eigenvalue weighted by molar-refractivity contribution is 0.101. The van der Waals surface area contributed by atoms with Gasteiger partial charge in [-0.15, -0.1) is 0 Å². The fraction of sp³-hybridized carbons (Fsp3) is 0.158. The second kappa shape index (κ2) is 6.89. The third-order valence-corrected chi connectivity index (χ3v) is 6.94. The number of fused-ring (bicyclic) bond motifs is 1. The summed E-state index contributed by atoms with van der Waals surface area (Å²) < 4.78 is 82.3. The Labute approximate surface area is 175 Å². The molecule has 0 aliphatic rings. The molecule has 5 nitrogen and oxygen atoms in total. The number of methoxy groups -OCH3 is 1. The topological polar surface area (TPSA) is 76.2 Å². The van der Waals surface area contributed by atoms with Gasteiger partial charge in [0.2, 0.25) is 5.43 Å². The van der Waals surface area contributed by atoms with Gasteiger partial charge in [0.15, 0.2) is 5.78 Å². The monoisotopic (exact) mass is 481 g/mol. The van der Waals surface area contributed by atoms with Crippen molar-refractivity contribution in [2.75, 3.05) is 7.11 Å². The number of hydrogen-bond donors (Lipinski definition) is 1. The molecular weight excluding hydrogens is 465 g/mol. The van der Waals surface area contributed by atoms with Crippen molar-refractivity contribution in [2.24, 2.45) is 0 Å². The Morgan fingerprint density at radius 1 is 1.06 bits per heavy atom. The SMILES string of the molecule is COc1cccc2[nH]c(S(=O)Cc3ccc(S(F)(F)(F)(F)F)cc3)c(C(C)=O)c(=O)c12. The fourth-order valence-electron chi connectivity index (χ4n) is 3.01. The predicted octanol–water partition coefficient (Wildman–Crippen LogP) is 5.70. The van der Waals surface area contributed by atoms with Crippen LogP contribution in [0.1, 0.15) is 22.8 Å². The normalized spacial score (nSPS) is 15.2. The summed E-state index contributed by atoms with van der Waals surface area (Å²) in [6.07, 6.45) is 0. The van der Waals surface area contributed by atoms with Gasteiger partial charge in [-0.25, -0.2) is 0 Å². The van der Waals surface area contributed by atoms with Gasteiger partial charge in [-0.3, -0.25) is 13.8 Å². The highest BCUT2D eigenvalue weighted by molar-refractivity contribution is 8.45. The van der Waals surface area contributed by atoms with Gasteiger partial charge in [0.1, 0.15) is 15.7 Å². The molecule has 1 N–H and O–H groups in total. The van der Waals surface area contributed by atoms with E-state index in [2.05, 4.69) is 4.98 Å². The van der Waals surface area contributed by atoms with E-state index in [-0.39, 0.29) is 44.9 Å². The van der Waals surface area contributed by atoms with Crippen LogP contribution >= 0.6 is 10.2 Å². The number of Topliss-reactive ketones (excluding diaryl/α,β-unsaturated/α-hetero) is 1. The number of aromatic amines is 1. The maximum absolute atomic E-state index is 12.9. The van der Waals surface area contributed by atoms with Crippen LogP contribution in [0.3, 0.4) is 0 Å². The van der Waals surface area contributed by atoms with Crippen LogP contribution in [-0.4, -0.2) is 22.1 Å². The van der Waals surface area contributed by atoms with Gasteiger partial charge >= 0.3 is 10.2 Å². The molecule has 0 fully saturated rings. The molecule has 0 radical (unpaired) electrons. The Kier molecular flexibility index (Phi) is 5.10. The molecule has 0 saturated carbocycles. The van der Waals surface area contributed by atoms with Gasteiger partial charge in [0.05, 0.1) is 40.1 Å². The lowest BCUT2D eigenvalue weighted by Gasteiger charge is -2.40. The van der Waals surface area contributed by atoms with Crippen molar-refractivity contribution in [3.8, 4) is 5.75 Å². The van der Waals surface area contributed by atoms with Crippen molar-refractivity contribution < 1.29 is 33.2 Å². The Morgan fingerprint density at radius 3 is 2.19 bits per heavy atom. The molecule has 31 heavy (non-hydrogen) atoms. The van der Waals surface area contributed by atoms with Crippen molar-refractivity contribution in [3.05, 3.63) is 63.8 Å². The second-order valence-corrected chi connectivity index (χ2v) is 10.5. The number of pyridine rings is 1. The molecule has 0 bridgehead atoms. The van der Waals surface area contributed by atoms with Crippen molar-refractivity contribution in [1.29, 1.82) is 0 Å². The summed E-state index contributed by atoms with van der Waals surface area (Å²) in [6, 6.07) is 6.57. The standard InChI is InChI=1S/C19H16F5NO4S2/c1-11(26)16-18(27)17-14(4-3-5-15(17)29-2)25-19(16)30(28)10-12-6-8-13(9-7-12)31(20,21,22,23)24/h3-9H,10H2,1-2H3,(H,25,27). The van der Waals surface area contributed by atoms with Crippen molar-refractivity contribution in [2.45, 2.75) is 22.6 Å². The predicted molar refractivity (Wildman–Crippen MR) is 109 cm³/mol. The van der Waals surface area contributed by atoms with Gasteiger partial charge in [-0.05, 0) is 36.8 Å². The third kappa shape index (κ3) is 4.64. The number of ether oxygens (including phenoxy) is 1. The number of hydrogen-bond acceptors (Lipinski definition) is 4. The van der Waals surface area contributed by atoms with E-state index in [1.807, 2.05) is 0 Å². The Bertz CT molecular complexity index is 1290. The number of nitrogens with one attached hydrogen (secondary N) is 1. The summed E-state index contributed by atoms with van der Waals surface area (Å²) in [6.45, 7) is 1.11. The molecule has 0 amide bonds. The van der Waals surface area contributed by atoms with Crippen molar-refractivity contribution in [1.82, 2.24) is 4.98 Å². The van der Waals surface area contributed by atoms with Gasteiger partial charge in [0, 0.05) is 0 Å². The lowest BCUT2D eigenvalue weighted by atomic mass is 10.1. The number of carbonyl (C=O) groups is 1. The third-order valence-electron chi connectivity index (χ3n) is 4.42. The molecule has 168 valence electrons. The Balaban J connectivity index is 2.06. The molecule has 1 aromatic heterocycles. The van der Waals surface area contributed by atoms with Crippen LogP contribution in [0.5, 0.6) is 5.75 Å². The average molecular weight is 481 g/mol. The number of aromatic nitrogens is 1. The first kappa shape index (κ1) is 22.9. The summed E-state index contributed by atoms with van der Waals surface area (Å²) >= 11 is 0. The van der Waals surface area contributed by atoms with Crippen LogP contribution in [0.4, 0.5) is 19.4 Å². The van der Waals surface area contributed by atoms with Gasteiger partial charge in [0.25, 0.3) is 0 Å². The minimum atomic E-state index is -9.82. The number of halogens is 5. The van der Waals surface area contributed by atoms with E-state index in [0.717, 1.165) is 19.1 Å². The summed E-state index contributed by atoms with van der Waals surface area (Å²) in [5, 5.41) is -0.133. The minimum absolute atomic E-state index is 0.0463. The van der Waals surface area contributed by atoms with Crippen LogP contribution in [-0.2, 0) is 16.6 Å². The average Bonchev–Trinajstić information content (AvgIpc) is 2.65. The first-order valence-electron chi connectivity index (χ1n) is 8.57. The molecule has 3 rings (SSSR count). The molecule has 1 unspecified atom stereocenters. The van der Waals surface area contributed by atoms with Crippen LogP contribution in [0.15, 0.2) is 57.2 Å². The van der Waals surface area contributed by atoms with Crippen molar-refractivity contribution >= 4 is 37.7 Å².